The summed E-state index contributed by atoms with van der Waals surface area (Å²) in [5.74, 6) is 0. The molecule has 5 heavy (non-hydrogen) atoms. The zero-order valence-corrected chi connectivity index (χ0v) is 8.09. The van der Waals surface area contributed by atoms with E-state index >= 15 is 0 Å². The molecule has 0 saturated carbocycles. The van der Waals surface area contributed by atoms with E-state index in [1.807, 2.05) is 0 Å². The van der Waals surface area contributed by atoms with Gasteiger partial charge in [-0.1, -0.05) is 0 Å². The van der Waals surface area contributed by atoms with Crippen molar-refractivity contribution >= 4 is 21.6 Å². The largest absolute Gasteiger partial charge is 0.358 e. The monoisotopic (exact) mass is 210 g/mol. The molecule has 0 saturated heterocycles. The van der Waals surface area contributed by atoms with Gasteiger partial charge in [-0.3, -0.25) is 0 Å². The third-order valence-corrected chi connectivity index (χ3v) is 0. The molecule has 0 atom stereocenters. The standard InChI is InChI=1S/2CH3.CH2.Sb.Sc/h2*1H3;1H2;;/q;2*-1;;. The van der Waals surface area contributed by atoms with Crippen LogP contribution in [0.25, 0.3) is 0 Å². The molecule has 0 N–H and O–H groups in total. The van der Waals surface area contributed by atoms with Crippen LogP contribution in [0.1, 0.15) is 0 Å². The zero-order chi connectivity index (χ0) is 2.71. The summed E-state index contributed by atoms with van der Waals surface area (Å²) in [7, 11) is 0. The molecule has 0 aromatic rings. The molecule has 0 aromatic heterocycles. The zero-order valence-electron chi connectivity index (χ0n) is 3.73. The smallest absolute Gasteiger partial charge is 0 e. The van der Waals surface area contributed by atoms with Crippen LogP contribution in [0.4, 0.5) is 0 Å². The maximum atomic E-state index is 3.64. The molecule has 0 rings (SSSR count). The molecular weight excluding hydrogens is 203 g/mol. The summed E-state index contributed by atoms with van der Waals surface area (Å²) in [6, 6.07) is 0. The summed E-state index contributed by atoms with van der Waals surface area (Å²) in [4.78, 5) is 5.80. The van der Waals surface area contributed by atoms with E-state index in [9.17, 15) is 0 Å². The summed E-state index contributed by atoms with van der Waals surface area (Å²) in [6.07, 6.45) is 0. The molecule has 0 aliphatic rings. The fraction of sp³-hybridized carbons (Fsp3) is 0.333. The second-order valence-corrected chi connectivity index (χ2v) is 2.12. The van der Waals surface area contributed by atoms with Gasteiger partial charge in [0.15, 0.2) is 0 Å². The van der Waals surface area contributed by atoms with Crippen LogP contribution in [-0.2, 0) is 25.8 Å². The van der Waals surface area contributed by atoms with E-state index in [2.05, 4.69) is 9.74 Å². The average Bonchev–Trinajstić information content (AvgIpc) is 0.918. The number of hydrogen-bond acceptors (Lipinski definition) is 0. The maximum absolute atomic E-state index is 3.64. The molecule has 0 bridgehead atoms. The Hall–Kier alpha value is 1.69. The topological polar surface area (TPSA) is 0 Å². The molecule has 2 heteroatoms. The summed E-state index contributed by atoms with van der Waals surface area (Å²) >= 11 is 0.100. The van der Waals surface area contributed by atoms with Crippen LogP contribution in [0.2, 0.25) is 4.87 Å². The second kappa shape index (κ2) is 17.3. The van der Waals surface area contributed by atoms with Crippen molar-refractivity contribution in [3.63, 3.8) is 0 Å². The summed E-state index contributed by atoms with van der Waals surface area (Å²) in [5.41, 5.74) is 0. The van der Waals surface area contributed by atoms with Gasteiger partial charge in [-0.05, 0) is 0 Å². The van der Waals surface area contributed by atoms with Gasteiger partial charge in [0.25, 0.3) is 0 Å². The molecule has 0 heterocycles. The van der Waals surface area contributed by atoms with Gasteiger partial charge in [0, 0.05) is 25.8 Å². The van der Waals surface area contributed by atoms with Crippen molar-refractivity contribution in [1.29, 1.82) is 0 Å². The summed E-state index contributed by atoms with van der Waals surface area (Å²) in [6.45, 7) is 0. The van der Waals surface area contributed by atoms with Crippen molar-refractivity contribution in [1.82, 2.24) is 0 Å². The minimum Gasteiger partial charge on any atom is -0.358 e. The summed E-state index contributed by atoms with van der Waals surface area (Å²) < 4.78 is 0. The van der Waals surface area contributed by atoms with Gasteiger partial charge in [0.05, 0.1) is 0 Å². The van der Waals surface area contributed by atoms with Crippen molar-refractivity contribution in [3.05, 3.63) is 12.3 Å². The molecule has 0 unspecified atom stereocenters. The van der Waals surface area contributed by atoms with Gasteiger partial charge < -0.3 is 7.43 Å². The van der Waals surface area contributed by atoms with Gasteiger partial charge in [0.1, 0.15) is 0 Å². The van der Waals surface area contributed by atoms with Crippen LogP contribution in [0.15, 0.2) is 0 Å². The van der Waals surface area contributed by atoms with Crippen molar-refractivity contribution in [2.75, 3.05) is 0 Å². The van der Waals surface area contributed by atoms with E-state index in [-0.39, 0.29) is 54.9 Å². The Balaban J connectivity index is -0.0000000200. The van der Waals surface area contributed by atoms with Crippen molar-refractivity contribution in [3.8, 4) is 0 Å². The summed E-state index contributed by atoms with van der Waals surface area (Å²) in [5, 5.41) is 0. The first kappa shape index (κ1) is 15.9. The molecule has 30 valence electrons. The predicted octanol–water partition coefficient (Wildman–Crippen LogP) is 0.978. The van der Waals surface area contributed by atoms with E-state index < -0.39 is 0 Å². The van der Waals surface area contributed by atoms with Gasteiger partial charge >= 0.3 is 31.4 Å². The molecule has 0 aromatic carbocycles. The normalized spacial score (nSPS) is 3.60. The minimum absolute atomic E-state index is 0. The Morgan fingerprint density at radius 3 is 1.60 bits per heavy atom. The van der Waals surface area contributed by atoms with Crippen LogP contribution in [0, 0.1) is 12.3 Å². The van der Waals surface area contributed by atoms with Gasteiger partial charge in [-0.15, -0.1) is 0 Å². The number of hydrogen-bond donors (Lipinski definition) is 0. The van der Waals surface area contributed by atoms with Crippen LogP contribution in [0.5, 0.6) is 0 Å². The van der Waals surface area contributed by atoms with Crippen molar-refractivity contribution in [2.24, 2.45) is 0 Å². The third-order valence-electron chi connectivity index (χ3n) is 0. The first-order valence-corrected chi connectivity index (χ1v) is 5.12. The minimum atomic E-state index is 0. The predicted molar refractivity (Wildman–Crippen MR) is 23.4 cm³/mol. The SMILES string of the molecule is [CH2-][Sb][CH3].[CH3-].[Sc]. The molecule has 0 spiro atoms. The fourth-order valence-electron chi connectivity index (χ4n) is 0. The quantitative estimate of drug-likeness (QED) is 0.413. The average molecular weight is 211 g/mol. The molecular formula is C3H8SbSc-2. The van der Waals surface area contributed by atoms with Crippen LogP contribution < -0.4 is 0 Å². The van der Waals surface area contributed by atoms with E-state index in [1.165, 1.54) is 0 Å². The molecule has 0 aliphatic carbocycles. The molecule has 0 nitrogen and oxygen atoms in total. The molecule has 0 aliphatic heterocycles. The Kier molecular flexibility index (Phi) is 55.0. The van der Waals surface area contributed by atoms with E-state index in [0.29, 0.717) is 0 Å². The third kappa shape index (κ3) is 27.1. The van der Waals surface area contributed by atoms with E-state index in [4.69, 9.17) is 0 Å². The molecule has 0 fully saturated rings. The maximum Gasteiger partial charge on any atom is 0 e. The Morgan fingerprint density at radius 1 is 1.60 bits per heavy atom. The van der Waals surface area contributed by atoms with Gasteiger partial charge in [-0.2, -0.15) is 0 Å². The molecule has 2 radical (unpaired) electrons. The Labute approximate surface area is 64.0 Å². The van der Waals surface area contributed by atoms with E-state index in [1.54, 1.807) is 0 Å². The van der Waals surface area contributed by atoms with Gasteiger partial charge in [0.2, 0.25) is 0 Å². The van der Waals surface area contributed by atoms with Crippen LogP contribution in [-0.4, -0.2) is 21.6 Å². The first-order chi connectivity index (χ1) is 1.41. The van der Waals surface area contributed by atoms with Gasteiger partial charge in [-0.25, -0.2) is 0 Å². The fourth-order valence-corrected chi connectivity index (χ4v) is 0. The second-order valence-electron chi connectivity index (χ2n) is 0.316. The van der Waals surface area contributed by atoms with Crippen molar-refractivity contribution in [2.45, 2.75) is 4.87 Å². The van der Waals surface area contributed by atoms with Crippen LogP contribution >= 0.6 is 0 Å². The molecule has 0 amide bonds. The Bertz CT molecular complexity index is 6.85. The first-order valence-electron chi connectivity index (χ1n) is 0.763. The Morgan fingerprint density at radius 2 is 1.60 bits per heavy atom. The van der Waals surface area contributed by atoms with E-state index in [0.717, 1.165) is 0 Å². The number of rotatable bonds is 0. The van der Waals surface area contributed by atoms with Crippen molar-refractivity contribution < 1.29 is 25.8 Å². The van der Waals surface area contributed by atoms with Crippen LogP contribution in [0.3, 0.4) is 0 Å².